The molecule has 26 heavy (non-hydrogen) atoms. The third-order valence-corrected chi connectivity index (χ3v) is 4.42. The Morgan fingerprint density at radius 2 is 2.15 bits per heavy atom. The van der Waals surface area contributed by atoms with Crippen LogP contribution in [0.1, 0.15) is 18.4 Å². The first-order valence-electron chi connectivity index (χ1n) is 7.10. The van der Waals surface area contributed by atoms with Crippen molar-refractivity contribution in [3.05, 3.63) is 46.2 Å². The molecule has 0 saturated heterocycles. The topological polar surface area (TPSA) is 74.5 Å². The first-order valence-corrected chi connectivity index (χ1v) is 8.29. The molecular formula is C15H12ClF3N4O2S. The van der Waals surface area contributed by atoms with E-state index in [1.165, 1.54) is 22.8 Å². The van der Waals surface area contributed by atoms with Crippen molar-refractivity contribution < 1.29 is 22.7 Å². The minimum absolute atomic E-state index is 0.0893. The fraction of sp³-hybridized carbons (Fsp3) is 0.267. The van der Waals surface area contributed by atoms with Crippen LogP contribution in [0.2, 0.25) is 5.02 Å². The van der Waals surface area contributed by atoms with Crippen LogP contribution in [0.4, 0.5) is 23.7 Å². The third-order valence-electron chi connectivity index (χ3n) is 3.13. The molecule has 2 N–H and O–H groups in total. The fourth-order valence-corrected chi connectivity index (χ4v) is 3.61. The molecule has 0 bridgehead atoms. The van der Waals surface area contributed by atoms with Gasteiger partial charge in [0.2, 0.25) is 0 Å². The van der Waals surface area contributed by atoms with Crippen molar-refractivity contribution in [1.29, 1.82) is 0 Å². The van der Waals surface area contributed by atoms with E-state index in [0.29, 0.717) is 4.90 Å². The summed E-state index contributed by atoms with van der Waals surface area (Å²) < 4.78 is 46.1. The van der Waals surface area contributed by atoms with Crippen molar-refractivity contribution in [2.45, 2.75) is 36.2 Å². The number of carbonyl (C=O) groups is 1. The van der Waals surface area contributed by atoms with Crippen molar-refractivity contribution >= 4 is 35.1 Å². The number of carbonyl (C=O) groups excluding carboxylic acids is 1. The molecule has 0 aliphatic heterocycles. The summed E-state index contributed by atoms with van der Waals surface area (Å²) in [6, 6.07) is 4.29. The lowest BCUT2D eigenvalue weighted by Gasteiger charge is -2.11. The standard InChI is InChI=1S/C15H12ClF3N4O2S/c1-3-23-11(7-25-14(20)24)22-12(15(17,18)19)13(23)26-10-5-8(16)4-9(6-10)21-2/h4-6H,3,7H2,1H3,(H2,20,24). The number of rotatable bonds is 5. The van der Waals surface area contributed by atoms with E-state index in [-0.39, 0.29) is 28.1 Å². The smallest absolute Gasteiger partial charge is 0.436 e. The minimum Gasteiger partial charge on any atom is -0.442 e. The largest absolute Gasteiger partial charge is 0.442 e. The Hall–Kier alpha value is -2.38. The molecule has 0 saturated carbocycles. The van der Waals surface area contributed by atoms with Crippen LogP contribution in [0.25, 0.3) is 4.85 Å². The highest BCUT2D eigenvalue weighted by molar-refractivity contribution is 7.99. The van der Waals surface area contributed by atoms with Gasteiger partial charge in [-0.25, -0.2) is 14.6 Å². The van der Waals surface area contributed by atoms with Gasteiger partial charge in [-0.2, -0.15) is 13.2 Å². The van der Waals surface area contributed by atoms with Crippen molar-refractivity contribution in [2.75, 3.05) is 0 Å². The number of imidazole rings is 1. The Labute approximate surface area is 155 Å². The molecule has 2 rings (SSSR count). The molecule has 0 fully saturated rings. The summed E-state index contributed by atoms with van der Waals surface area (Å²) in [6.45, 7) is 8.32. The van der Waals surface area contributed by atoms with E-state index in [2.05, 4.69) is 14.6 Å². The number of hydrogen-bond acceptors (Lipinski definition) is 4. The summed E-state index contributed by atoms with van der Waals surface area (Å²) in [5.41, 5.74) is 3.95. The predicted octanol–water partition coefficient (Wildman–Crippen LogP) is 4.87. The zero-order valence-corrected chi connectivity index (χ0v) is 14.9. The van der Waals surface area contributed by atoms with Crippen LogP contribution < -0.4 is 5.73 Å². The predicted molar refractivity (Wildman–Crippen MR) is 89.1 cm³/mol. The van der Waals surface area contributed by atoms with E-state index in [4.69, 9.17) is 23.9 Å². The van der Waals surface area contributed by atoms with Gasteiger partial charge >= 0.3 is 12.3 Å². The molecule has 0 atom stereocenters. The van der Waals surface area contributed by atoms with Crippen molar-refractivity contribution in [3.63, 3.8) is 0 Å². The maximum Gasteiger partial charge on any atom is 0.436 e. The average Bonchev–Trinajstić information content (AvgIpc) is 2.89. The van der Waals surface area contributed by atoms with E-state index in [0.717, 1.165) is 11.8 Å². The maximum atomic E-state index is 13.4. The highest BCUT2D eigenvalue weighted by Gasteiger charge is 2.39. The van der Waals surface area contributed by atoms with Gasteiger partial charge in [0.15, 0.2) is 18.0 Å². The van der Waals surface area contributed by atoms with E-state index in [9.17, 15) is 18.0 Å². The SMILES string of the molecule is [C-]#[N+]c1cc(Cl)cc(Sc2c(C(F)(F)F)nc(COC(N)=O)n2CC)c1. The number of halogens is 4. The molecule has 2 aromatic rings. The van der Waals surface area contributed by atoms with Crippen molar-refractivity contribution in [1.82, 2.24) is 9.55 Å². The Balaban J connectivity index is 2.53. The zero-order chi connectivity index (χ0) is 19.5. The number of nitrogens with zero attached hydrogens (tertiary/aromatic N) is 3. The van der Waals surface area contributed by atoms with E-state index in [1.807, 2.05) is 0 Å². The average molecular weight is 405 g/mol. The molecule has 11 heteroatoms. The van der Waals surface area contributed by atoms with E-state index >= 15 is 0 Å². The molecule has 0 unspecified atom stereocenters. The Morgan fingerprint density at radius 1 is 1.46 bits per heavy atom. The van der Waals surface area contributed by atoms with Gasteiger partial charge in [0.05, 0.1) is 6.57 Å². The van der Waals surface area contributed by atoms with E-state index < -0.39 is 24.6 Å². The number of amides is 1. The lowest BCUT2D eigenvalue weighted by Crippen LogP contribution is -2.15. The van der Waals surface area contributed by atoms with Crippen molar-refractivity contribution in [2.24, 2.45) is 5.73 Å². The second kappa shape index (κ2) is 7.88. The number of nitrogens with two attached hydrogens (primary N) is 1. The lowest BCUT2D eigenvalue weighted by atomic mass is 10.3. The fourth-order valence-electron chi connectivity index (χ4n) is 2.13. The summed E-state index contributed by atoms with van der Waals surface area (Å²) >= 11 is 6.69. The van der Waals surface area contributed by atoms with Gasteiger partial charge < -0.3 is 15.0 Å². The number of hydrogen-bond donors (Lipinski definition) is 1. The second-order valence-electron chi connectivity index (χ2n) is 4.89. The van der Waals surface area contributed by atoms with Crippen LogP contribution >= 0.6 is 23.4 Å². The molecule has 1 heterocycles. The highest BCUT2D eigenvalue weighted by Crippen LogP contribution is 2.41. The number of alkyl halides is 3. The maximum absolute atomic E-state index is 13.4. The van der Waals surface area contributed by atoms with Crippen LogP contribution in [-0.4, -0.2) is 15.6 Å². The van der Waals surface area contributed by atoms with Gasteiger partial charge in [0.25, 0.3) is 0 Å². The molecule has 138 valence electrons. The van der Waals surface area contributed by atoms with Gasteiger partial charge in [-0.3, -0.25) is 0 Å². The summed E-state index contributed by atoms with van der Waals surface area (Å²) in [7, 11) is 0. The van der Waals surface area contributed by atoms with Gasteiger partial charge in [0, 0.05) is 16.5 Å². The first kappa shape index (κ1) is 19.9. The molecule has 1 aromatic heterocycles. The Kier molecular flexibility index (Phi) is 6.05. The normalized spacial score (nSPS) is 11.2. The van der Waals surface area contributed by atoms with Crippen LogP contribution in [0.3, 0.4) is 0 Å². The number of ether oxygens (including phenoxy) is 1. The molecule has 1 aromatic carbocycles. The molecular weight excluding hydrogens is 393 g/mol. The van der Waals surface area contributed by atoms with Crippen LogP contribution in [-0.2, 0) is 24.1 Å². The third kappa shape index (κ3) is 4.62. The first-order chi connectivity index (χ1) is 12.2. The summed E-state index contributed by atoms with van der Waals surface area (Å²) in [5, 5.41) is 0.0377. The van der Waals surface area contributed by atoms with Gasteiger partial charge in [0.1, 0.15) is 10.9 Å². The summed E-state index contributed by atoms with van der Waals surface area (Å²) in [6.07, 6.45) is -5.83. The molecule has 6 nitrogen and oxygen atoms in total. The Morgan fingerprint density at radius 3 is 2.69 bits per heavy atom. The molecule has 0 radical (unpaired) electrons. The van der Waals surface area contributed by atoms with Crippen molar-refractivity contribution in [3.8, 4) is 0 Å². The second-order valence-corrected chi connectivity index (χ2v) is 6.39. The van der Waals surface area contributed by atoms with Crippen LogP contribution in [0.15, 0.2) is 28.1 Å². The number of primary amides is 1. The number of benzene rings is 1. The summed E-state index contributed by atoms with van der Waals surface area (Å²) in [5.74, 6) is -0.0893. The van der Waals surface area contributed by atoms with Crippen LogP contribution in [0, 0.1) is 6.57 Å². The van der Waals surface area contributed by atoms with Crippen LogP contribution in [0.5, 0.6) is 0 Å². The van der Waals surface area contributed by atoms with E-state index in [1.54, 1.807) is 6.92 Å². The van der Waals surface area contributed by atoms with Gasteiger partial charge in [-0.05, 0) is 25.1 Å². The zero-order valence-electron chi connectivity index (χ0n) is 13.3. The monoisotopic (exact) mass is 404 g/mol. The lowest BCUT2D eigenvalue weighted by molar-refractivity contribution is -0.143. The number of aromatic nitrogens is 2. The molecule has 0 aliphatic rings. The quantitative estimate of drug-likeness (QED) is 0.721. The van der Waals surface area contributed by atoms with Gasteiger partial charge in [-0.1, -0.05) is 23.4 Å². The summed E-state index contributed by atoms with van der Waals surface area (Å²) in [4.78, 5) is 17.9. The molecule has 0 aliphatic carbocycles. The molecule has 0 spiro atoms. The molecule has 1 amide bonds. The Bertz CT molecular complexity index is 877. The highest BCUT2D eigenvalue weighted by atomic mass is 35.5. The van der Waals surface area contributed by atoms with Gasteiger partial charge in [-0.15, -0.1) is 0 Å². The minimum atomic E-state index is -4.72.